The zero-order chi connectivity index (χ0) is 34.7. The fourth-order valence-electron chi connectivity index (χ4n) is 5.19. The van der Waals surface area contributed by atoms with E-state index in [1.54, 1.807) is 55.6 Å². The van der Waals surface area contributed by atoms with Gasteiger partial charge in [0.1, 0.15) is 18.3 Å². The first-order valence-electron chi connectivity index (χ1n) is 15.7. The minimum Gasteiger partial charge on any atom is -0.497 e. The van der Waals surface area contributed by atoms with Gasteiger partial charge in [0.25, 0.3) is 10.0 Å². The molecule has 1 N–H and O–H groups in total. The molecule has 4 rings (SSSR count). The van der Waals surface area contributed by atoms with Crippen LogP contribution in [0, 0.1) is 0 Å². The number of hydrogen-bond acceptors (Lipinski definition) is 7. The molecule has 0 saturated carbocycles. The number of methoxy groups -OCH3 is 3. The molecule has 0 aliphatic heterocycles. The lowest BCUT2D eigenvalue weighted by molar-refractivity contribution is -0.140. The lowest BCUT2D eigenvalue weighted by Gasteiger charge is -2.34. The molecular formula is C37H43N3O7S. The molecule has 0 radical (unpaired) electrons. The van der Waals surface area contributed by atoms with Crippen molar-refractivity contribution in [3.63, 3.8) is 0 Å². The van der Waals surface area contributed by atoms with Gasteiger partial charge in [-0.05, 0) is 60.9 Å². The number of nitrogens with zero attached hydrogens (tertiary/aromatic N) is 2. The SMILES string of the molecule is CC[C@@H](C)NC(=O)[C@H](Cc1ccccc1)N(Cc1cccc(OC)c1)C(=O)CN(c1ccc(OC)c(OC)c1)S(=O)(=O)c1ccccc1. The predicted molar refractivity (Wildman–Crippen MR) is 186 cm³/mol. The van der Waals surface area contributed by atoms with Crippen LogP contribution in [0.25, 0.3) is 0 Å². The van der Waals surface area contributed by atoms with Crippen LogP contribution >= 0.6 is 0 Å². The quantitative estimate of drug-likeness (QED) is 0.168. The average Bonchev–Trinajstić information content (AvgIpc) is 3.12. The Balaban J connectivity index is 1.85. The average molecular weight is 674 g/mol. The van der Waals surface area contributed by atoms with Gasteiger partial charge in [0, 0.05) is 25.1 Å². The molecule has 0 fully saturated rings. The van der Waals surface area contributed by atoms with Crippen LogP contribution < -0.4 is 23.8 Å². The van der Waals surface area contributed by atoms with E-state index in [2.05, 4.69) is 5.32 Å². The van der Waals surface area contributed by atoms with Crippen LogP contribution in [0.3, 0.4) is 0 Å². The van der Waals surface area contributed by atoms with Gasteiger partial charge in [-0.3, -0.25) is 13.9 Å². The van der Waals surface area contributed by atoms with E-state index in [0.29, 0.717) is 29.2 Å². The molecule has 11 heteroatoms. The Morgan fingerprint density at radius 1 is 0.771 bits per heavy atom. The number of hydrogen-bond donors (Lipinski definition) is 1. The van der Waals surface area contributed by atoms with Gasteiger partial charge in [-0.1, -0.05) is 67.6 Å². The summed E-state index contributed by atoms with van der Waals surface area (Å²) in [7, 11) is 0.208. The summed E-state index contributed by atoms with van der Waals surface area (Å²) in [6.07, 6.45) is 0.899. The number of carbonyl (C=O) groups is 2. The summed E-state index contributed by atoms with van der Waals surface area (Å²) in [4.78, 5) is 30.2. The zero-order valence-electron chi connectivity index (χ0n) is 28.0. The van der Waals surface area contributed by atoms with Crippen LogP contribution in [0.4, 0.5) is 5.69 Å². The molecule has 0 unspecified atom stereocenters. The minimum absolute atomic E-state index is 0.00211. The number of rotatable bonds is 16. The van der Waals surface area contributed by atoms with Crippen molar-refractivity contribution in [2.75, 3.05) is 32.2 Å². The molecule has 0 heterocycles. The van der Waals surface area contributed by atoms with Crippen molar-refractivity contribution < 1.29 is 32.2 Å². The number of ether oxygens (including phenoxy) is 3. The van der Waals surface area contributed by atoms with Gasteiger partial charge >= 0.3 is 0 Å². The van der Waals surface area contributed by atoms with Gasteiger partial charge in [-0.2, -0.15) is 0 Å². The largest absolute Gasteiger partial charge is 0.497 e. The van der Waals surface area contributed by atoms with Crippen LogP contribution in [0.2, 0.25) is 0 Å². The lowest BCUT2D eigenvalue weighted by Crippen LogP contribution is -2.54. The maximum absolute atomic E-state index is 14.7. The topological polar surface area (TPSA) is 114 Å². The van der Waals surface area contributed by atoms with Crippen molar-refractivity contribution in [3.05, 3.63) is 114 Å². The summed E-state index contributed by atoms with van der Waals surface area (Å²) in [5.74, 6) is 0.357. The highest BCUT2D eigenvalue weighted by Gasteiger charge is 2.35. The number of benzene rings is 4. The smallest absolute Gasteiger partial charge is 0.264 e. The first-order valence-corrected chi connectivity index (χ1v) is 17.1. The molecular weight excluding hydrogens is 630 g/mol. The van der Waals surface area contributed by atoms with Crippen molar-refractivity contribution in [3.8, 4) is 17.2 Å². The maximum atomic E-state index is 14.7. The van der Waals surface area contributed by atoms with Gasteiger partial charge in [0.15, 0.2) is 11.5 Å². The molecule has 0 aliphatic rings. The van der Waals surface area contributed by atoms with Crippen LogP contribution in [0.5, 0.6) is 17.2 Å². The fraction of sp³-hybridized carbons (Fsp3) is 0.297. The van der Waals surface area contributed by atoms with Crippen molar-refractivity contribution in [1.82, 2.24) is 10.2 Å². The standard InChI is InChI=1S/C37H43N3O7S/c1-6-27(2)38-37(42)33(23-28-14-9-7-10-15-28)39(25-29-16-13-17-31(22-29)45-3)36(41)26-40(48(43,44)32-18-11-8-12-19-32)30-20-21-34(46-4)35(24-30)47-5/h7-22,24,27,33H,6,23,25-26H2,1-5H3,(H,38,42)/t27-,33+/m1/s1. The molecule has 254 valence electrons. The van der Waals surface area contributed by atoms with Gasteiger partial charge < -0.3 is 24.4 Å². The Labute approximate surface area is 283 Å². The van der Waals surface area contributed by atoms with E-state index in [4.69, 9.17) is 14.2 Å². The van der Waals surface area contributed by atoms with Crippen LogP contribution in [-0.4, -0.2) is 65.1 Å². The molecule has 0 aliphatic carbocycles. The monoisotopic (exact) mass is 673 g/mol. The molecule has 2 atom stereocenters. The van der Waals surface area contributed by atoms with Crippen molar-refractivity contribution in [2.24, 2.45) is 0 Å². The van der Waals surface area contributed by atoms with Crippen LogP contribution in [-0.2, 0) is 32.6 Å². The number of sulfonamides is 1. The van der Waals surface area contributed by atoms with E-state index >= 15 is 0 Å². The second-order valence-electron chi connectivity index (χ2n) is 11.3. The Hall–Kier alpha value is -5.03. The summed E-state index contributed by atoms with van der Waals surface area (Å²) in [6, 6.07) is 28.1. The van der Waals surface area contributed by atoms with Gasteiger partial charge in [0.05, 0.1) is 31.9 Å². The third kappa shape index (κ3) is 8.86. The molecule has 4 aromatic rings. The van der Waals surface area contributed by atoms with Crippen molar-refractivity contribution in [1.29, 1.82) is 0 Å². The fourth-order valence-corrected chi connectivity index (χ4v) is 6.62. The van der Waals surface area contributed by atoms with Gasteiger partial charge in [-0.25, -0.2) is 8.42 Å². The maximum Gasteiger partial charge on any atom is 0.264 e. The van der Waals surface area contributed by atoms with E-state index in [9.17, 15) is 18.0 Å². The van der Waals surface area contributed by atoms with Gasteiger partial charge in [0.2, 0.25) is 11.8 Å². The third-order valence-corrected chi connectivity index (χ3v) is 9.81. The third-order valence-electron chi connectivity index (χ3n) is 8.02. The number of amides is 2. The second kappa shape index (κ2) is 16.7. The van der Waals surface area contributed by atoms with Crippen LogP contribution in [0.15, 0.2) is 108 Å². The molecule has 48 heavy (non-hydrogen) atoms. The van der Waals surface area contributed by atoms with Crippen LogP contribution in [0.1, 0.15) is 31.4 Å². The molecule has 2 amide bonds. The highest BCUT2D eigenvalue weighted by Crippen LogP contribution is 2.34. The number of anilines is 1. The highest BCUT2D eigenvalue weighted by molar-refractivity contribution is 7.92. The minimum atomic E-state index is -4.27. The molecule has 10 nitrogen and oxygen atoms in total. The first-order chi connectivity index (χ1) is 23.1. The van der Waals surface area contributed by atoms with E-state index in [-0.39, 0.29) is 35.5 Å². The molecule has 4 aromatic carbocycles. The lowest BCUT2D eigenvalue weighted by atomic mass is 10.0. The predicted octanol–water partition coefficient (Wildman–Crippen LogP) is 5.46. The summed E-state index contributed by atoms with van der Waals surface area (Å²) >= 11 is 0. The number of carbonyl (C=O) groups excluding carboxylic acids is 2. The normalized spacial score (nSPS) is 12.4. The van der Waals surface area contributed by atoms with E-state index in [0.717, 1.165) is 9.87 Å². The Bertz CT molecular complexity index is 1770. The van der Waals surface area contributed by atoms with E-state index in [1.165, 1.54) is 37.3 Å². The molecule has 0 spiro atoms. The highest BCUT2D eigenvalue weighted by atomic mass is 32.2. The Kier molecular flexibility index (Phi) is 12.5. The number of nitrogens with one attached hydrogen (secondary N) is 1. The molecule has 0 bridgehead atoms. The van der Waals surface area contributed by atoms with Crippen molar-refractivity contribution in [2.45, 2.75) is 50.2 Å². The summed E-state index contributed by atoms with van der Waals surface area (Å²) in [6.45, 7) is 3.29. The Morgan fingerprint density at radius 2 is 1.42 bits per heavy atom. The van der Waals surface area contributed by atoms with E-state index in [1.807, 2.05) is 50.2 Å². The second-order valence-corrected chi connectivity index (χ2v) is 13.1. The zero-order valence-corrected chi connectivity index (χ0v) is 28.8. The summed E-state index contributed by atoms with van der Waals surface area (Å²) < 4.78 is 45.8. The summed E-state index contributed by atoms with van der Waals surface area (Å²) in [5.41, 5.74) is 1.74. The molecule has 0 saturated heterocycles. The molecule has 0 aromatic heterocycles. The Morgan fingerprint density at radius 3 is 2.04 bits per heavy atom. The van der Waals surface area contributed by atoms with E-state index < -0.39 is 28.5 Å². The summed E-state index contributed by atoms with van der Waals surface area (Å²) in [5, 5.41) is 3.04. The van der Waals surface area contributed by atoms with Crippen molar-refractivity contribution >= 4 is 27.5 Å². The van der Waals surface area contributed by atoms with Gasteiger partial charge in [-0.15, -0.1) is 0 Å². The first kappa shape index (κ1) is 35.8.